The first kappa shape index (κ1) is 10.5. The van der Waals surface area contributed by atoms with Crippen molar-refractivity contribution in [2.45, 2.75) is 0 Å². The van der Waals surface area contributed by atoms with Crippen molar-refractivity contribution < 1.29 is 0 Å². The zero-order chi connectivity index (χ0) is 5.70. The Hall–Kier alpha value is -0.530. The van der Waals surface area contributed by atoms with Crippen LogP contribution in [0.4, 0.5) is 0 Å². The van der Waals surface area contributed by atoms with Gasteiger partial charge in [0.05, 0.1) is 18.2 Å². The molecule has 1 radical (unpaired) electrons. The number of hydrogen-bond donors (Lipinski definition) is 0. The van der Waals surface area contributed by atoms with E-state index in [0.717, 1.165) is 0 Å². The van der Waals surface area contributed by atoms with Crippen molar-refractivity contribution in [3.8, 4) is 18.2 Å². The Labute approximate surface area is 69.4 Å². The normalized spacial score (nSPS) is 5.25. The van der Waals surface area contributed by atoms with E-state index < -0.39 is 5.92 Å². The van der Waals surface area contributed by atoms with Crippen molar-refractivity contribution in [1.82, 2.24) is 0 Å². The molecule has 4 heteroatoms. The van der Waals surface area contributed by atoms with Gasteiger partial charge in [0.25, 0.3) is 0 Å². The summed E-state index contributed by atoms with van der Waals surface area (Å²) < 4.78 is 0. The molecule has 0 N–H and O–H groups in total. The van der Waals surface area contributed by atoms with Crippen LogP contribution in [0.25, 0.3) is 0 Å². The van der Waals surface area contributed by atoms with Gasteiger partial charge >= 0.3 is 0 Å². The third-order valence-corrected chi connectivity index (χ3v) is 0.387. The van der Waals surface area contributed by atoms with E-state index in [-0.39, 0.29) is 29.6 Å². The second-order valence-corrected chi connectivity index (χ2v) is 0.820. The van der Waals surface area contributed by atoms with Gasteiger partial charge in [-0.15, -0.1) is 0 Å². The summed E-state index contributed by atoms with van der Waals surface area (Å²) in [6, 6.07) is 4.44. The van der Waals surface area contributed by atoms with E-state index in [9.17, 15) is 0 Å². The van der Waals surface area contributed by atoms with Gasteiger partial charge in [-0.05, 0) is 0 Å². The van der Waals surface area contributed by atoms with Gasteiger partial charge in [-0.2, -0.15) is 15.8 Å². The maximum Gasteiger partial charge on any atom is 0.218 e. The van der Waals surface area contributed by atoms with Gasteiger partial charge in [0.2, 0.25) is 5.92 Å². The smallest absolute Gasteiger partial charge is 0.196 e. The summed E-state index contributed by atoms with van der Waals surface area (Å²) in [4.78, 5) is 0. The Morgan fingerprint density at radius 1 is 0.875 bits per heavy atom. The second-order valence-electron chi connectivity index (χ2n) is 0.820. The molecule has 0 heterocycles. The van der Waals surface area contributed by atoms with Crippen LogP contribution in [-0.4, -0.2) is 29.6 Å². The summed E-state index contributed by atoms with van der Waals surface area (Å²) in [5.74, 6) is -1.10. The Morgan fingerprint density at radius 2 is 1.12 bits per heavy atom. The molecule has 3 nitrogen and oxygen atoms in total. The van der Waals surface area contributed by atoms with E-state index in [2.05, 4.69) is 0 Å². The first-order valence-electron chi connectivity index (χ1n) is 1.54. The van der Waals surface area contributed by atoms with Crippen LogP contribution < -0.4 is 0 Å². The Balaban J connectivity index is 0. The van der Waals surface area contributed by atoms with E-state index in [1.54, 1.807) is 0 Å². The number of hydrogen-bond acceptors (Lipinski definition) is 3. The summed E-state index contributed by atoms with van der Waals surface area (Å²) in [5, 5.41) is 23.5. The van der Waals surface area contributed by atoms with Gasteiger partial charge in [-0.1, -0.05) is 0 Å². The summed E-state index contributed by atoms with van der Waals surface area (Å²) in [6.07, 6.45) is 0. The first-order chi connectivity index (χ1) is 3.35. The Morgan fingerprint density at radius 3 is 1.12 bits per heavy atom. The third-order valence-electron chi connectivity index (χ3n) is 0.387. The third kappa shape index (κ3) is 3.65. The fraction of sp³-hybridized carbons (Fsp3) is 0.250. The predicted molar refractivity (Wildman–Crippen MR) is 26.1 cm³/mol. The molecule has 0 rings (SSSR count). The van der Waals surface area contributed by atoms with Gasteiger partial charge < -0.3 is 0 Å². The molecule has 0 spiro atoms. The molecule has 0 saturated heterocycles. The summed E-state index contributed by atoms with van der Waals surface area (Å²) >= 11 is 0. The van der Waals surface area contributed by atoms with Gasteiger partial charge in [0.1, 0.15) is 0 Å². The molecular formula is C4HN3Na. The molecule has 8 heavy (non-hydrogen) atoms. The molecule has 0 aliphatic heterocycles. The Kier molecular flexibility index (Phi) is 8.45. The first-order valence-corrected chi connectivity index (χ1v) is 1.54. The zero-order valence-corrected chi connectivity index (χ0v) is 6.42. The average Bonchev–Trinajstić information content (AvgIpc) is 1.72. The van der Waals surface area contributed by atoms with Gasteiger partial charge in [-0.25, -0.2) is 0 Å². The number of rotatable bonds is 0. The van der Waals surface area contributed by atoms with Crippen LogP contribution in [0.2, 0.25) is 0 Å². The maximum absolute atomic E-state index is 7.83. The quantitative estimate of drug-likeness (QED) is 0.409. The Bertz CT molecular complexity index is 134. The molecule has 0 fully saturated rings. The minimum atomic E-state index is -1.10. The maximum atomic E-state index is 7.83. The van der Waals surface area contributed by atoms with Crippen molar-refractivity contribution in [2.75, 3.05) is 0 Å². The van der Waals surface area contributed by atoms with Crippen LogP contribution in [0.3, 0.4) is 0 Å². The van der Waals surface area contributed by atoms with Crippen LogP contribution in [0.15, 0.2) is 0 Å². The van der Waals surface area contributed by atoms with Gasteiger partial charge in [0.15, 0.2) is 0 Å². The summed E-state index contributed by atoms with van der Waals surface area (Å²) in [5.41, 5.74) is 0. The number of nitrogens with zero attached hydrogens (tertiary/aromatic N) is 3. The fourth-order valence-corrected chi connectivity index (χ4v) is 0.0866. The number of nitriles is 3. The molecule has 0 aromatic carbocycles. The van der Waals surface area contributed by atoms with E-state index in [1.807, 2.05) is 0 Å². The van der Waals surface area contributed by atoms with Crippen molar-refractivity contribution in [3.05, 3.63) is 0 Å². The van der Waals surface area contributed by atoms with Gasteiger partial charge in [0, 0.05) is 29.6 Å². The topological polar surface area (TPSA) is 71.4 Å². The molecule has 33 valence electrons. The van der Waals surface area contributed by atoms with Crippen LogP contribution >= 0.6 is 0 Å². The largest absolute Gasteiger partial charge is 0.218 e. The van der Waals surface area contributed by atoms with Crippen molar-refractivity contribution in [2.24, 2.45) is 5.92 Å². The summed E-state index contributed by atoms with van der Waals surface area (Å²) in [7, 11) is 0. The molecule has 0 aliphatic carbocycles. The van der Waals surface area contributed by atoms with E-state index in [4.69, 9.17) is 15.8 Å². The molecule has 0 aliphatic rings. The monoisotopic (exact) mass is 114 g/mol. The van der Waals surface area contributed by atoms with Crippen LogP contribution in [0, 0.1) is 39.9 Å². The van der Waals surface area contributed by atoms with E-state index >= 15 is 0 Å². The zero-order valence-electron chi connectivity index (χ0n) is 4.42. The molecule has 0 bridgehead atoms. The van der Waals surface area contributed by atoms with Crippen LogP contribution in [-0.2, 0) is 0 Å². The standard InChI is InChI=1S/C4HN3.Na/c5-1-4(2-6)3-7;/h4H;. The second kappa shape index (κ2) is 6.47. The predicted octanol–water partition coefficient (Wildman–Crippen LogP) is -0.207. The molecular weight excluding hydrogens is 113 g/mol. The molecule has 0 aromatic rings. The molecule has 0 atom stereocenters. The van der Waals surface area contributed by atoms with Crippen molar-refractivity contribution in [3.63, 3.8) is 0 Å². The van der Waals surface area contributed by atoms with Crippen LogP contribution in [0.5, 0.6) is 0 Å². The van der Waals surface area contributed by atoms with Crippen LogP contribution in [0.1, 0.15) is 0 Å². The average molecular weight is 114 g/mol. The van der Waals surface area contributed by atoms with Gasteiger partial charge in [-0.3, -0.25) is 0 Å². The minimum absolute atomic E-state index is 0. The molecule has 0 amide bonds. The van der Waals surface area contributed by atoms with Crippen molar-refractivity contribution >= 4 is 29.6 Å². The molecule has 0 saturated carbocycles. The molecule has 0 unspecified atom stereocenters. The van der Waals surface area contributed by atoms with E-state index in [1.165, 1.54) is 18.2 Å². The summed E-state index contributed by atoms with van der Waals surface area (Å²) in [6.45, 7) is 0. The molecule has 0 aromatic heterocycles. The van der Waals surface area contributed by atoms with E-state index in [0.29, 0.717) is 0 Å². The SMILES string of the molecule is N#CC(C#N)C#N.[Na]. The fourth-order valence-electron chi connectivity index (χ4n) is 0.0866. The van der Waals surface area contributed by atoms with Crippen molar-refractivity contribution in [1.29, 1.82) is 15.8 Å². The minimum Gasteiger partial charge on any atom is -0.196 e.